The number of carbonyl (C=O) groups excluding carboxylic acids is 2. The molecule has 198 valence electrons. The van der Waals surface area contributed by atoms with E-state index in [-0.39, 0.29) is 36.2 Å². The lowest BCUT2D eigenvalue weighted by molar-refractivity contribution is -0.134. The maximum atomic E-state index is 14.2. The summed E-state index contributed by atoms with van der Waals surface area (Å²) >= 11 is 1.36. The molecule has 2 heterocycles. The molecule has 1 aliphatic carbocycles. The van der Waals surface area contributed by atoms with Crippen molar-refractivity contribution < 1.29 is 18.7 Å². The van der Waals surface area contributed by atoms with Crippen molar-refractivity contribution in [2.45, 2.75) is 38.8 Å². The molecule has 0 saturated heterocycles. The summed E-state index contributed by atoms with van der Waals surface area (Å²) in [5, 5.41) is 5.27. The number of anilines is 1. The highest BCUT2D eigenvalue weighted by Gasteiger charge is 2.39. The fourth-order valence-corrected chi connectivity index (χ4v) is 5.75. The van der Waals surface area contributed by atoms with Crippen molar-refractivity contribution >= 4 is 28.8 Å². The fraction of sp³-hybridized carbons (Fsp3) is 0.258. The molecule has 1 atom stereocenters. The van der Waals surface area contributed by atoms with Crippen LogP contribution in [0.1, 0.15) is 56.6 Å². The topological polar surface area (TPSA) is 71.5 Å². The largest absolute Gasteiger partial charge is 0.486 e. The van der Waals surface area contributed by atoms with Crippen molar-refractivity contribution in [3.63, 3.8) is 0 Å². The van der Waals surface area contributed by atoms with Crippen molar-refractivity contribution in [1.29, 1.82) is 0 Å². The van der Waals surface area contributed by atoms with Crippen LogP contribution in [0.4, 0.5) is 10.1 Å². The van der Waals surface area contributed by atoms with E-state index in [1.54, 1.807) is 11.4 Å². The van der Waals surface area contributed by atoms with Crippen LogP contribution in [0.5, 0.6) is 5.75 Å². The fourth-order valence-electron chi connectivity index (χ4n) is 5.07. The Bertz CT molecular complexity index is 1550. The molecular formula is C31H28FN3O3S. The predicted molar refractivity (Wildman–Crippen MR) is 148 cm³/mol. The van der Waals surface area contributed by atoms with Gasteiger partial charge < -0.3 is 15.0 Å². The number of halogens is 1. The molecule has 1 unspecified atom stereocenters. The average molecular weight is 542 g/mol. The van der Waals surface area contributed by atoms with E-state index in [0.717, 1.165) is 47.2 Å². The lowest BCUT2D eigenvalue weighted by Crippen LogP contribution is -2.41. The van der Waals surface area contributed by atoms with Crippen LogP contribution in [0.15, 0.2) is 72.1 Å². The Morgan fingerprint density at radius 3 is 2.74 bits per heavy atom. The molecule has 6 nitrogen and oxygen atoms in total. The van der Waals surface area contributed by atoms with Crippen LogP contribution in [0, 0.1) is 18.7 Å². The second kappa shape index (κ2) is 10.6. The van der Waals surface area contributed by atoms with Gasteiger partial charge in [-0.25, -0.2) is 9.37 Å². The first kappa shape index (κ1) is 25.2. The van der Waals surface area contributed by atoms with E-state index in [1.807, 2.05) is 60.4 Å². The summed E-state index contributed by atoms with van der Waals surface area (Å²) in [5.41, 5.74) is 4.96. The second-order valence-corrected chi connectivity index (χ2v) is 11.1. The van der Waals surface area contributed by atoms with Gasteiger partial charge in [-0.1, -0.05) is 30.3 Å². The highest BCUT2D eigenvalue weighted by Crippen LogP contribution is 2.41. The summed E-state index contributed by atoms with van der Waals surface area (Å²) in [6.45, 7) is 2.78. The van der Waals surface area contributed by atoms with E-state index in [9.17, 15) is 14.0 Å². The van der Waals surface area contributed by atoms with Crippen molar-refractivity contribution in [3.05, 3.63) is 111 Å². The first-order valence-electron chi connectivity index (χ1n) is 13.1. The molecule has 3 aromatic carbocycles. The van der Waals surface area contributed by atoms with E-state index >= 15 is 0 Å². The van der Waals surface area contributed by atoms with Gasteiger partial charge in [0.15, 0.2) is 0 Å². The minimum atomic E-state index is -0.363. The number of hydrogen-bond acceptors (Lipinski definition) is 5. The maximum Gasteiger partial charge on any atom is 0.275 e. The molecule has 1 aliphatic heterocycles. The number of aromatic nitrogens is 1. The van der Waals surface area contributed by atoms with Gasteiger partial charge in [0.25, 0.3) is 5.91 Å². The molecule has 2 aliphatic rings. The summed E-state index contributed by atoms with van der Waals surface area (Å²) in [6.07, 6.45) is 2.58. The highest BCUT2D eigenvalue weighted by molar-refractivity contribution is 7.09. The van der Waals surface area contributed by atoms with Crippen molar-refractivity contribution in [1.82, 2.24) is 9.88 Å². The molecule has 4 aromatic rings. The summed E-state index contributed by atoms with van der Waals surface area (Å²) in [4.78, 5) is 32.2. The van der Waals surface area contributed by atoms with Gasteiger partial charge in [-0.05, 0) is 84.8 Å². The average Bonchev–Trinajstić information content (AvgIpc) is 3.67. The molecule has 2 amide bonds. The molecule has 1 N–H and O–H groups in total. The highest BCUT2D eigenvalue weighted by atomic mass is 32.1. The number of thiazole rings is 1. The number of nitrogens with zero attached hydrogens (tertiary/aromatic N) is 2. The molecule has 8 heteroatoms. The molecule has 6 rings (SSSR count). The zero-order valence-electron chi connectivity index (χ0n) is 21.5. The Labute approximate surface area is 230 Å². The minimum Gasteiger partial charge on any atom is -0.486 e. The van der Waals surface area contributed by atoms with Gasteiger partial charge >= 0.3 is 0 Å². The van der Waals surface area contributed by atoms with Crippen LogP contribution in [0.3, 0.4) is 0 Å². The third kappa shape index (κ3) is 5.56. The molecule has 1 aromatic heterocycles. The molecule has 0 bridgehead atoms. The van der Waals surface area contributed by atoms with E-state index < -0.39 is 0 Å². The van der Waals surface area contributed by atoms with Crippen molar-refractivity contribution in [3.8, 4) is 5.75 Å². The van der Waals surface area contributed by atoms with Gasteiger partial charge in [-0.3, -0.25) is 9.59 Å². The lowest BCUT2D eigenvalue weighted by atomic mass is 9.87. The van der Waals surface area contributed by atoms with Crippen LogP contribution in [0.25, 0.3) is 0 Å². The normalized spacial score (nSPS) is 16.5. The Morgan fingerprint density at radius 2 is 1.95 bits per heavy atom. The first-order chi connectivity index (χ1) is 18.9. The lowest BCUT2D eigenvalue weighted by Gasteiger charge is -2.38. The number of fused-ring (bicyclic) bond motifs is 1. The number of rotatable bonds is 7. The van der Waals surface area contributed by atoms with Crippen molar-refractivity contribution in [2.75, 3.05) is 11.9 Å². The quantitative estimate of drug-likeness (QED) is 0.298. The molecular weight excluding hydrogens is 513 g/mol. The zero-order chi connectivity index (χ0) is 26.9. The summed E-state index contributed by atoms with van der Waals surface area (Å²) < 4.78 is 20.3. The number of amides is 2. The van der Waals surface area contributed by atoms with Crippen LogP contribution >= 0.6 is 11.3 Å². The maximum absolute atomic E-state index is 14.2. The smallest absolute Gasteiger partial charge is 0.275 e. The van der Waals surface area contributed by atoms with E-state index in [0.29, 0.717) is 23.0 Å². The third-order valence-corrected chi connectivity index (χ3v) is 7.96. The monoisotopic (exact) mass is 541 g/mol. The standard InChI is InChI=1S/C31H28FN3O3S/c1-19-4-2-7-24(14-19)33-30(36)27-18-39-28(34-27)17-38-25-11-10-20-12-13-35(31(37)21-8-9-21)29(26(20)16-25)22-5-3-6-23(32)15-22/h2-7,10-11,14-16,18,21,29H,8-9,12-13,17H2,1H3,(H,33,36). The number of nitrogens with one attached hydrogen (secondary N) is 1. The number of aryl methyl sites for hydroxylation is 1. The Morgan fingerprint density at radius 1 is 1.10 bits per heavy atom. The summed E-state index contributed by atoms with van der Waals surface area (Å²) in [7, 11) is 0. The number of benzene rings is 3. The number of ether oxygens (including phenoxy) is 1. The van der Waals surface area contributed by atoms with Crippen LogP contribution in [-0.2, 0) is 17.8 Å². The van der Waals surface area contributed by atoms with Crippen LogP contribution < -0.4 is 10.1 Å². The number of hydrogen-bond donors (Lipinski definition) is 1. The second-order valence-electron chi connectivity index (χ2n) is 10.1. The van der Waals surface area contributed by atoms with E-state index in [4.69, 9.17) is 4.74 Å². The van der Waals surface area contributed by atoms with Crippen LogP contribution in [-0.4, -0.2) is 28.2 Å². The van der Waals surface area contributed by atoms with E-state index in [1.165, 1.54) is 23.5 Å². The molecule has 0 radical (unpaired) electrons. The molecule has 1 fully saturated rings. The summed E-state index contributed by atoms with van der Waals surface area (Å²) in [5.74, 6) is 0.258. The van der Waals surface area contributed by atoms with Gasteiger partial charge in [0.1, 0.15) is 28.9 Å². The Balaban J connectivity index is 1.20. The van der Waals surface area contributed by atoms with E-state index in [2.05, 4.69) is 10.3 Å². The predicted octanol–water partition coefficient (Wildman–Crippen LogP) is 6.31. The number of carbonyl (C=O) groups is 2. The van der Waals surface area contributed by atoms with Gasteiger partial charge in [-0.15, -0.1) is 11.3 Å². The van der Waals surface area contributed by atoms with Crippen LogP contribution in [0.2, 0.25) is 0 Å². The van der Waals surface area contributed by atoms with Gasteiger partial charge in [0.05, 0.1) is 6.04 Å². The zero-order valence-corrected chi connectivity index (χ0v) is 22.3. The van der Waals surface area contributed by atoms with Gasteiger partial charge in [0.2, 0.25) is 5.91 Å². The van der Waals surface area contributed by atoms with Gasteiger partial charge in [-0.2, -0.15) is 0 Å². The molecule has 1 saturated carbocycles. The molecule has 0 spiro atoms. The Hall–Kier alpha value is -4.04. The SMILES string of the molecule is Cc1cccc(NC(=O)c2csc(COc3ccc4c(c3)C(c3cccc(F)c3)N(C(=O)C3CC3)CC4)n2)c1. The Kier molecular flexibility index (Phi) is 6.87. The third-order valence-electron chi connectivity index (χ3n) is 7.14. The molecule has 39 heavy (non-hydrogen) atoms. The minimum absolute atomic E-state index is 0.0734. The van der Waals surface area contributed by atoms with Crippen molar-refractivity contribution in [2.24, 2.45) is 5.92 Å². The van der Waals surface area contributed by atoms with Gasteiger partial charge in [0, 0.05) is 23.5 Å². The summed E-state index contributed by atoms with van der Waals surface area (Å²) in [6, 6.07) is 19.6. The first-order valence-corrected chi connectivity index (χ1v) is 14.0.